The first-order chi connectivity index (χ1) is 12.7. The van der Waals surface area contributed by atoms with Crippen molar-refractivity contribution in [2.24, 2.45) is 0 Å². The van der Waals surface area contributed by atoms with Gasteiger partial charge in [0.1, 0.15) is 36.6 Å². The number of rotatable bonds is 5. The Hall–Kier alpha value is -0.803. The molecule has 0 unspecified atom stereocenters. The number of ether oxygens (including phenoxy) is 4. The van der Waals surface area contributed by atoms with Gasteiger partial charge in [-0.3, -0.25) is 0 Å². The maximum Gasteiger partial charge on any atom is 0.272 e. The normalized spacial score (nSPS) is 38.4. The van der Waals surface area contributed by atoms with E-state index in [1.165, 1.54) is 0 Å². The summed E-state index contributed by atoms with van der Waals surface area (Å²) < 4.78 is 30.2. The monoisotopic (exact) mass is 394 g/mol. The molecule has 150 valence electrons. The first kappa shape index (κ1) is 19.5. The zero-order chi connectivity index (χ0) is 19.4. The largest absolute Gasteiger partial charge is 0.408 e. The third-order valence-electron chi connectivity index (χ3n) is 6.30. The zero-order valence-electron chi connectivity index (χ0n) is 16.6. The molecule has 3 aliphatic heterocycles. The number of benzene rings is 1. The van der Waals surface area contributed by atoms with E-state index < -0.39 is 39.2 Å². The molecule has 3 saturated heterocycles. The molecular weight excluding hydrogens is 364 g/mol. The van der Waals surface area contributed by atoms with Crippen LogP contribution in [0.3, 0.4) is 0 Å². The van der Waals surface area contributed by atoms with Gasteiger partial charge in [0, 0.05) is 0 Å². The predicted molar refractivity (Wildman–Crippen MR) is 102 cm³/mol. The first-order valence-electron chi connectivity index (χ1n) is 9.65. The molecule has 1 aromatic rings. The average molecular weight is 395 g/mol. The van der Waals surface area contributed by atoms with Crippen LogP contribution in [0.1, 0.15) is 26.3 Å². The van der Waals surface area contributed by atoms with Crippen LogP contribution in [0.2, 0.25) is 18.1 Å². The van der Waals surface area contributed by atoms with Gasteiger partial charge in [-0.1, -0.05) is 51.1 Å². The molecule has 1 saturated carbocycles. The molecule has 0 spiro atoms. The van der Waals surface area contributed by atoms with Gasteiger partial charge in [-0.25, -0.2) is 0 Å². The lowest BCUT2D eigenvalue weighted by Crippen LogP contribution is -2.76. The van der Waals surface area contributed by atoms with Crippen molar-refractivity contribution in [3.05, 3.63) is 35.9 Å². The minimum atomic E-state index is -2.08. The molecule has 0 radical (unpaired) electrons. The van der Waals surface area contributed by atoms with E-state index in [1.807, 2.05) is 30.3 Å². The molecule has 27 heavy (non-hydrogen) atoms. The van der Waals surface area contributed by atoms with Gasteiger partial charge >= 0.3 is 0 Å². The van der Waals surface area contributed by atoms with Crippen LogP contribution in [0.5, 0.6) is 0 Å². The van der Waals surface area contributed by atoms with Crippen LogP contribution >= 0.6 is 0 Å². The summed E-state index contributed by atoms with van der Waals surface area (Å²) in [6, 6.07) is 9.97. The molecule has 4 bridgehead atoms. The van der Waals surface area contributed by atoms with Gasteiger partial charge in [-0.15, -0.1) is 0 Å². The first-order valence-corrected chi connectivity index (χ1v) is 12.6. The maximum absolute atomic E-state index is 10.8. The number of hydrogen-bond acceptors (Lipinski definition) is 6. The van der Waals surface area contributed by atoms with Crippen molar-refractivity contribution < 1.29 is 28.5 Å². The summed E-state index contributed by atoms with van der Waals surface area (Å²) in [6.07, 6.45) is -2.77. The Bertz CT molecular complexity index is 660. The van der Waals surface area contributed by atoms with Crippen molar-refractivity contribution in [2.45, 2.75) is 88.6 Å². The summed E-state index contributed by atoms with van der Waals surface area (Å²) >= 11 is 0. The second kappa shape index (κ2) is 6.91. The zero-order valence-corrected chi connectivity index (χ0v) is 17.6. The second-order valence-corrected chi connectivity index (χ2v) is 13.9. The highest BCUT2D eigenvalue weighted by molar-refractivity contribution is 6.74. The van der Waals surface area contributed by atoms with Crippen molar-refractivity contribution in [2.75, 3.05) is 0 Å². The summed E-state index contributed by atoms with van der Waals surface area (Å²) in [4.78, 5) is 0. The Morgan fingerprint density at radius 2 is 1.56 bits per heavy atom. The molecule has 1 aliphatic carbocycles. The average Bonchev–Trinajstić information content (AvgIpc) is 2.60. The summed E-state index contributed by atoms with van der Waals surface area (Å²) in [5.41, 5.74) is 1.07. The molecule has 4 aliphatic rings. The Morgan fingerprint density at radius 3 is 2.19 bits per heavy atom. The summed E-state index contributed by atoms with van der Waals surface area (Å²) in [7, 11) is -2.08. The van der Waals surface area contributed by atoms with E-state index in [1.54, 1.807) is 0 Å². The van der Waals surface area contributed by atoms with Gasteiger partial charge in [0.15, 0.2) is 8.32 Å². The lowest BCUT2D eigenvalue weighted by atomic mass is 9.82. The van der Waals surface area contributed by atoms with Crippen molar-refractivity contribution >= 4 is 8.32 Å². The van der Waals surface area contributed by atoms with Crippen LogP contribution < -0.4 is 0 Å². The quantitative estimate of drug-likeness (QED) is 0.775. The van der Waals surface area contributed by atoms with E-state index in [2.05, 4.69) is 33.9 Å². The van der Waals surface area contributed by atoms with Crippen LogP contribution in [0.4, 0.5) is 0 Å². The van der Waals surface area contributed by atoms with E-state index in [-0.39, 0.29) is 17.2 Å². The Kier molecular flexibility index (Phi) is 5.00. The molecule has 7 atom stereocenters. The summed E-state index contributed by atoms with van der Waals surface area (Å²) in [6.45, 7) is 10.7. The van der Waals surface area contributed by atoms with Crippen LogP contribution in [-0.2, 0) is 30.0 Å². The van der Waals surface area contributed by atoms with E-state index in [0.29, 0.717) is 6.61 Å². The highest BCUT2D eigenvalue weighted by atomic mass is 28.4. The number of aliphatic hydroxyl groups is 1. The van der Waals surface area contributed by atoms with E-state index in [9.17, 15) is 5.11 Å². The molecule has 7 heteroatoms. The molecule has 5 rings (SSSR count). The summed E-state index contributed by atoms with van der Waals surface area (Å²) in [5, 5.41) is 10.9. The molecule has 0 amide bonds. The van der Waals surface area contributed by atoms with Crippen LogP contribution in [0.25, 0.3) is 0 Å². The van der Waals surface area contributed by atoms with Crippen molar-refractivity contribution in [1.29, 1.82) is 0 Å². The molecular formula is C20H30O6Si. The fraction of sp³-hybridized carbons (Fsp3) is 0.700. The van der Waals surface area contributed by atoms with Crippen molar-refractivity contribution in [3.63, 3.8) is 0 Å². The van der Waals surface area contributed by atoms with Crippen molar-refractivity contribution in [1.82, 2.24) is 0 Å². The Morgan fingerprint density at radius 1 is 0.963 bits per heavy atom. The number of hydrogen-bond donors (Lipinski definition) is 1. The SMILES string of the molecule is CC(C)(C)[Si](C)(C)O[C@H]1[C@@H]2O[C@@H]3O[C@@H]([C@@H](O)[C@@H]1O3)[C@H]2OCc1ccccc1. The topological polar surface area (TPSA) is 66.4 Å². The van der Waals surface area contributed by atoms with Gasteiger partial charge in [0.25, 0.3) is 6.48 Å². The minimum Gasteiger partial charge on any atom is -0.408 e. The van der Waals surface area contributed by atoms with Crippen molar-refractivity contribution in [3.8, 4) is 0 Å². The second-order valence-electron chi connectivity index (χ2n) is 9.19. The van der Waals surface area contributed by atoms with E-state index in [0.717, 1.165) is 5.56 Å². The Balaban J connectivity index is 1.54. The van der Waals surface area contributed by atoms with E-state index >= 15 is 0 Å². The highest BCUT2D eigenvalue weighted by Gasteiger charge is 2.63. The third-order valence-corrected chi connectivity index (χ3v) is 10.8. The fourth-order valence-corrected chi connectivity index (χ4v) is 5.00. The molecule has 1 N–H and O–H groups in total. The van der Waals surface area contributed by atoms with Crippen LogP contribution in [0, 0.1) is 0 Å². The maximum atomic E-state index is 10.8. The molecule has 6 nitrogen and oxygen atoms in total. The van der Waals surface area contributed by atoms with Crippen LogP contribution in [0.15, 0.2) is 30.3 Å². The van der Waals surface area contributed by atoms with Gasteiger partial charge in [0.2, 0.25) is 0 Å². The van der Waals surface area contributed by atoms with E-state index in [4.69, 9.17) is 23.4 Å². The lowest BCUT2D eigenvalue weighted by molar-refractivity contribution is -0.482. The molecule has 0 aromatic heterocycles. The smallest absolute Gasteiger partial charge is 0.272 e. The highest BCUT2D eigenvalue weighted by Crippen LogP contribution is 2.46. The molecule has 4 fully saturated rings. The lowest BCUT2D eigenvalue weighted by Gasteiger charge is -2.59. The standard InChI is InChI=1S/C20H30O6Si/c1-20(2,3)27(4,5)26-18-15-13(21)14-16(17(18)25-19(23-14)24-15)22-11-12-9-7-6-8-10-12/h6-10,13-19,21H,11H2,1-5H3/t13-,14+,15+,16-,17-,18-,19-/m1/s1. The minimum absolute atomic E-state index is 0.0451. The van der Waals surface area contributed by atoms with Crippen LogP contribution in [-0.4, -0.2) is 56.5 Å². The fourth-order valence-electron chi connectivity index (χ4n) is 3.70. The number of aliphatic hydroxyl groups excluding tert-OH is 1. The Labute approximate surface area is 161 Å². The van der Waals surface area contributed by atoms with Gasteiger partial charge < -0.3 is 28.5 Å². The summed E-state index contributed by atoms with van der Waals surface area (Å²) in [5.74, 6) is 0. The van der Waals surface area contributed by atoms with Gasteiger partial charge in [0.05, 0.1) is 6.61 Å². The third kappa shape index (κ3) is 3.50. The van der Waals surface area contributed by atoms with Gasteiger partial charge in [-0.05, 0) is 23.7 Å². The predicted octanol–water partition coefficient (Wildman–Crippen LogP) is 2.80. The van der Waals surface area contributed by atoms with Gasteiger partial charge in [-0.2, -0.15) is 0 Å². The molecule has 1 aromatic carbocycles. The molecule has 3 heterocycles.